The zero-order valence-corrected chi connectivity index (χ0v) is 11.3. The first-order valence-electron chi connectivity index (χ1n) is 6.45. The first kappa shape index (κ1) is 12.7. The predicted octanol–water partition coefficient (Wildman–Crippen LogP) is 2.30. The van der Waals surface area contributed by atoms with Gasteiger partial charge in [-0.15, -0.1) is 0 Å². The Hall–Kier alpha value is -1.78. The van der Waals surface area contributed by atoms with Gasteiger partial charge in [-0.05, 0) is 20.3 Å². The van der Waals surface area contributed by atoms with Gasteiger partial charge in [0.1, 0.15) is 0 Å². The highest BCUT2D eigenvalue weighted by Gasteiger charge is 2.08. The van der Waals surface area contributed by atoms with E-state index in [4.69, 9.17) is 0 Å². The van der Waals surface area contributed by atoms with E-state index in [0.29, 0.717) is 6.04 Å². The second kappa shape index (κ2) is 5.71. The van der Waals surface area contributed by atoms with Crippen molar-refractivity contribution in [3.05, 3.63) is 30.6 Å². The molecule has 0 aliphatic carbocycles. The van der Waals surface area contributed by atoms with Gasteiger partial charge in [-0.3, -0.25) is 0 Å². The first-order chi connectivity index (χ1) is 8.69. The number of nitrogens with one attached hydrogen (secondary N) is 1. The summed E-state index contributed by atoms with van der Waals surface area (Å²) in [6.45, 7) is 8.24. The molecule has 5 nitrogen and oxygen atoms in total. The maximum Gasteiger partial charge on any atom is 0.203 e. The fourth-order valence-corrected chi connectivity index (χ4v) is 2.05. The second-order valence-corrected chi connectivity index (χ2v) is 4.70. The number of imidazole rings is 2. The van der Waals surface area contributed by atoms with E-state index in [2.05, 4.69) is 44.5 Å². The van der Waals surface area contributed by atoms with Gasteiger partial charge in [-0.1, -0.05) is 6.92 Å². The molecule has 5 heteroatoms. The van der Waals surface area contributed by atoms with Gasteiger partial charge in [-0.2, -0.15) is 0 Å². The van der Waals surface area contributed by atoms with Gasteiger partial charge in [-0.25, -0.2) is 9.97 Å². The molecule has 1 unspecified atom stereocenters. The zero-order chi connectivity index (χ0) is 13.0. The van der Waals surface area contributed by atoms with Crippen LogP contribution in [0.1, 0.15) is 26.0 Å². The number of rotatable bonds is 6. The van der Waals surface area contributed by atoms with Crippen LogP contribution in [0.2, 0.25) is 0 Å². The Bertz CT molecular complexity index is 472. The quantitative estimate of drug-likeness (QED) is 0.852. The lowest BCUT2D eigenvalue weighted by molar-refractivity contribution is 0.602. The standard InChI is InChI=1S/C13H21N5/c1-4-6-18-9-12(3)16-13(18)15-11(2)8-17-7-5-14-10-17/h5,7,9-11H,4,6,8H2,1-3H3,(H,15,16). The van der Waals surface area contributed by atoms with Gasteiger partial charge in [0.2, 0.25) is 5.95 Å². The van der Waals surface area contributed by atoms with Gasteiger partial charge in [0.15, 0.2) is 0 Å². The Kier molecular flexibility index (Phi) is 4.02. The van der Waals surface area contributed by atoms with Crippen LogP contribution in [-0.4, -0.2) is 25.1 Å². The smallest absolute Gasteiger partial charge is 0.203 e. The molecule has 2 aromatic rings. The summed E-state index contributed by atoms with van der Waals surface area (Å²) >= 11 is 0. The fourth-order valence-electron chi connectivity index (χ4n) is 2.05. The molecule has 1 N–H and O–H groups in total. The monoisotopic (exact) mass is 247 g/mol. The number of aromatic nitrogens is 4. The molecule has 0 aliphatic heterocycles. The minimum absolute atomic E-state index is 0.316. The molecule has 1 atom stereocenters. The lowest BCUT2D eigenvalue weighted by Crippen LogP contribution is -2.23. The van der Waals surface area contributed by atoms with Crippen molar-refractivity contribution in [1.29, 1.82) is 0 Å². The molecule has 0 amide bonds. The van der Waals surface area contributed by atoms with Crippen LogP contribution in [0.25, 0.3) is 0 Å². The molecule has 98 valence electrons. The van der Waals surface area contributed by atoms with E-state index < -0.39 is 0 Å². The third kappa shape index (κ3) is 3.12. The van der Waals surface area contributed by atoms with E-state index in [1.807, 2.05) is 19.4 Å². The first-order valence-corrected chi connectivity index (χ1v) is 6.45. The Morgan fingerprint density at radius 1 is 1.44 bits per heavy atom. The molecule has 0 radical (unpaired) electrons. The van der Waals surface area contributed by atoms with Crippen molar-refractivity contribution in [2.45, 2.75) is 46.3 Å². The molecule has 0 saturated carbocycles. The van der Waals surface area contributed by atoms with E-state index in [-0.39, 0.29) is 0 Å². The van der Waals surface area contributed by atoms with Crippen LogP contribution in [0.5, 0.6) is 0 Å². The van der Waals surface area contributed by atoms with Crippen molar-refractivity contribution >= 4 is 5.95 Å². The fraction of sp³-hybridized carbons (Fsp3) is 0.538. The molecular weight excluding hydrogens is 226 g/mol. The van der Waals surface area contributed by atoms with Crippen molar-refractivity contribution in [3.8, 4) is 0 Å². The summed E-state index contributed by atoms with van der Waals surface area (Å²) in [5.41, 5.74) is 1.06. The van der Waals surface area contributed by atoms with Crippen LogP contribution in [0.15, 0.2) is 24.9 Å². The molecule has 2 heterocycles. The lowest BCUT2D eigenvalue weighted by Gasteiger charge is -2.16. The van der Waals surface area contributed by atoms with Crippen LogP contribution in [-0.2, 0) is 13.1 Å². The molecule has 0 aliphatic rings. The Balaban J connectivity index is 1.99. The second-order valence-electron chi connectivity index (χ2n) is 4.70. The highest BCUT2D eigenvalue weighted by Crippen LogP contribution is 2.11. The minimum atomic E-state index is 0.316. The van der Waals surface area contributed by atoms with E-state index in [1.54, 1.807) is 6.20 Å². The van der Waals surface area contributed by atoms with Gasteiger partial charge < -0.3 is 14.5 Å². The number of nitrogens with zero attached hydrogens (tertiary/aromatic N) is 4. The van der Waals surface area contributed by atoms with Crippen molar-refractivity contribution in [2.24, 2.45) is 0 Å². The molecule has 2 rings (SSSR count). The van der Waals surface area contributed by atoms with Gasteiger partial charge in [0.05, 0.1) is 12.0 Å². The molecule has 0 fully saturated rings. The van der Waals surface area contributed by atoms with Crippen LogP contribution in [0, 0.1) is 6.92 Å². The SMILES string of the molecule is CCCn1cc(C)nc1NC(C)Cn1ccnc1. The molecule has 2 aromatic heterocycles. The molecular formula is C13H21N5. The van der Waals surface area contributed by atoms with Crippen LogP contribution < -0.4 is 5.32 Å². The summed E-state index contributed by atoms with van der Waals surface area (Å²) in [5.74, 6) is 0.960. The van der Waals surface area contributed by atoms with Crippen molar-refractivity contribution in [3.63, 3.8) is 0 Å². The Morgan fingerprint density at radius 3 is 2.94 bits per heavy atom. The molecule has 0 saturated heterocycles. The molecule has 18 heavy (non-hydrogen) atoms. The number of aryl methyl sites for hydroxylation is 2. The maximum atomic E-state index is 4.53. The average molecular weight is 247 g/mol. The van der Waals surface area contributed by atoms with Crippen molar-refractivity contribution in [1.82, 2.24) is 19.1 Å². The summed E-state index contributed by atoms with van der Waals surface area (Å²) in [6, 6.07) is 0.316. The van der Waals surface area contributed by atoms with Gasteiger partial charge >= 0.3 is 0 Å². The molecule has 0 spiro atoms. The van der Waals surface area contributed by atoms with E-state index in [0.717, 1.165) is 31.2 Å². The summed E-state index contributed by atoms with van der Waals surface area (Å²) < 4.78 is 4.25. The number of hydrogen-bond acceptors (Lipinski definition) is 3. The van der Waals surface area contributed by atoms with Crippen LogP contribution in [0.4, 0.5) is 5.95 Å². The summed E-state index contributed by atoms with van der Waals surface area (Å²) in [5, 5.41) is 3.46. The van der Waals surface area contributed by atoms with E-state index >= 15 is 0 Å². The normalized spacial score (nSPS) is 12.6. The van der Waals surface area contributed by atoms with Crippen molar-refractivity contribution in [2.75, 3.05) is 5.32 Å². The van der Waals surface area contributed by atoms with E-state index in [1.165, 1.54) is 0 Å². The minimum Gasteiger partial charge on any atom is -0.351 e. The number of hydrogen-bond donors (Lipinski definition) is 1. The van der Waals surface area contributed by atoms with Crippen LogP contribution >= 0.6 is 0 Å². The van der Waals surface area contributed by atoms with Crippen molar-refractivity contribution < 1.29 is 0 Å². The zero-order valence-electron chi connectivity index (χ0n) is 11.3. The molecule has 0 bridgehead atoms. The molecule has 0 aromatic carbocycles. The largest absolute Gasteiger partial charge is 0.351 e. The summed E-state index contributed by atoms with van der Waals surface area (Å²) in [6.07, 6.45) is 8.81. The highest BCUT2D eigenvalue weighted by molar-refractivity contribution is 5.29. The summed E-state index contributed by atoms with van der Waals surface area (Å²) in [7, 11) is 0. The summed E-state index contributed by atoms with van der Waals surface area (Å²) in [4.78, 5) is 8.57. The van der Waals surface area contributed by atoms with Gasteiger partial charge in [0, 0.05) is 37.7 Å². The number of anilines is 1. The lowest BCUT2D eigenvalue weighted by atomic mass is 10.3. The Morgan fingerprint density at radius 2 is 2.28 bits per heavy atom. The third-order valence-electron chi connectivity index (χ3n) is 2.78. The predicted molar refractivity (Wildman–Crippen MR) is 72.6 cm³/mol. The highest BCUT2D eigenvalue weighted by atomic mass is 15.2. The maximum absolute atomic E-state index is 4.53. The van der Waals surface area contributed by atoms with Gasteiger partial charge in [0.25, 0.3) is 0 Å². The average Bonchev–Trinajstić information content (AvgIpc) is 2.90. The topological polar surface area (TPSA) is 47.7 Å². The van der Waals surface area contributed by atoms with Crippen LogP contribution in [0.3, 0.4) is 0 Å². The Labute approximate surface area is 108 Å². The third-order valence-corrected chi connectivity index (χ3v) is 2.78. The van der Waals surface area contributed by atoms with E-state index in [9.17, 15) is 0 Å².